The highest BCUT2D eigenvalue weighted by molar-refractivity contribution is 6.74. The van der Waals surface area contributed by atoms with Crippen molar-refractivity contribution >= 4 is 25.9 Å². The van der Waals surface area contributed by atoms with Crippen LogP contribution in [0.2, 0.25) is 18.1 Å². The molecule has 196 valence electrons. The molecule has 1 aliphatic carbocycles. The summed E-state index contributed by atoms with van der Waals surface area (Å²) < 4.78 is 12.4. The van der Waals surface area contributed by atoms with Gasteiger partial charge in [-0.15, -0.1) is 0 Å². The molecule has 0 spiro atoms. The van der Waals surface area contributed by atoms with E-state index in [9.17, 15) is 4.79 Å². The maximum absolute atomic E-state index is 12.9. The Kier molecular flexibility index (Phi) is 7.49. The van der Waals surface area contributed by atoms with E-state index in [1.165, 1.54) is 0 Å². The fourth-order valence-corrected chi connectivity index (χ4v) is 5.99. The van der Waals surface area contributed by atoms with E-state index >= 15 is 0 Å². The van der Waals surface area contributed by atoms with Gasteiger partial charge in [0.05, 0.1) is 12.6 Å². The van der Waals surface area contributed by atoms with E-state index in [-0.39, 0.29) is 28.9 Å². The number of aromatic nitrogens is 2. The summed E-state index contributed by atoms with van der Waals surface area (Å²) in [6.07, 6.45) is 4.11. The van der Waals surface area contributed by atoms with Gasteiger partial charge in [-0.3, -0.25) is 4.79 Å². The third kappa shape index (κ3) is 5.59. The summed E-state index contributed by atoms with van der Waals surface area (Å²) in [5.74, 6) is 2.20. The van der Waals surface area contributed by atoms with Crippen molar-refractivity contribution in [2.24, 2.45) is 11.8 Å². The van der Waals surface area contributed by atoms with Crippen LogP contribution in [0.5, 0.6) is 5.75 Å². The minimum Gasteiger partial charge on any atom is -0.491 e. The fourth-order valence-electron chi connectivity index (χ4n) is 4.96. The highest BCUT2D eigenvalue weighted by atomic mass is 28.4. The van der Waals surface area contributed by atoms with E-state index < -0.39 is 8.32 Å². The number of carbonyl (C=O) groups excluding carboxylic acids is 1. The van der Waals surface area contributed by atoms with Crippen molar-refractivity contribution < 1.29 is 14.0 Å². The second-order valence-electron chi connectivity index (χ2n) is 11.9. The number of hydrogen-bond donors (Lipinski definition) is 1. The first-order valence-electron chi connectivity index (χ1n) is 13.2. The first-order valence-corrected chi connectivity index (χ1v) is 16.1. The summed E-state index contributed by atoms with van der Waals surface area (Å²) in [6.45, 7) is 18.2. The Balaban J connectivity index is 1.60. The molecule has 0 bridgehead atoms. The molecular weight excluding hydrogens is 468 g/mol. The van der Waals surface area contributed by atoms with Gasteiger partial charge in [0.25, 0.3) is 0 Å². The van der Waals surface area contributed by atoms with Crippen LogP contribution in [0.3, 0.4) is 0 Å². The maximum atomic E-state index is 12.9. The number of anilines is 2. The number of nitrogens with one attached hydrogen (secondary N) is 1. The summed E-state index contributed by atoms with van der Waals surface area (Å²) in [5, 5.41) is 3.76. The first-order chi connectivity index (χ1) is 16.9. The molecule has 2 aliphatic rings. The summed E-state index contributed by atoms with van der Waals surface area (Å²) in [6, 6.07) is 8.10. The van der Waals surface area contributed by atoms with Gasteiger partial charge >= 0.3 is 0 Å². The zero-order valence-electron chi connectivity index (χ0n) is 23.1. The zero-order valence-corrected chi connectivity index (χ0v) is 24.1. The van der Waals surface area contributed by atoms with Crippen LogP contribution in [0, 0.1) is 18.8 Å². The van der Waals surface area contributed by atoms with E-state index in [4.69, 9.17) is 9.16 Å². The Morgan fingerprint density at radius 2 is 1.92 bits per heavy atom. The smallest absolute Gasteiger partial charge is 0.224 e. The Hall–Kier alpha value is -2.45. The Labute approximate surface area is 217 Å². The number of nitrogens with zero attached hydrogens (tertiary/aromatic N) is 3. The molecule has 1 aromatic carbocycles. The minimum atomic E-state index is -1.82. The van der Waals surface area contributed by atoms with E-state index in [0.29, 0.717) is 25.1 Å². The first kappa shape index (κ1) is 26.6. The molecule has 7 nitrogen and oxygen atoms in total. The highest BCUT2D eigenvalue weighted by Gasteiger charge is 2.47. The van der Waals surface area contributed by atoms with Crippen LogP contribution < -0.4 is 15.0 Å². The maximum Gasteiger partial charge on any atom is 0.224 e. The lowest BCUT2D eigenvalue weighted by atomic mass is 9.80. The Bertz CT molecular complexity index is 1100. The van der Waals surface area contributed by atoms with Crippen LogP contribution in [-0.2, 0) is 9.22 Å². The molecule has 1 aliphatic heterocycles. The average molecular weight is 511 g/mol. The van der Waals surface area contributed by atoms with Crippen molar-refractivity contribution in [3.8, 4) is 5.75 Å². The second kappa shape index (κ2) is 10.1. The van der Waals surface area contributed by atoms with Crippen molar-refractivity contribution in [1.29, 1.82) is 0 Å². The molecule has 36 heavy (non-hydrogen) atoms. The lowest BCUT2D eigenvalue weighted by Crippen LogP contribution is -2.51. The van der Waals surface area contributed by atoms with Crippen LogP contribution in [-0.4, -0.2) is 43.4 Å². The number of fused-ring (bicyclic) bond motifs is 1. The van der Waals surface area contributed by atoms with Crippen LogP contribution in [0.25, 0.3) is 0 Å². The monoisotopic (exact) mass is 510 g/mol. The van der Waals surface area contributed by atoms with Crippen molar-refractivity contribution in [2.75, 3.05) is 23.4 Å². The lowest BCUT2D eigenvalue weighted by Gasteiger charge is -2.45. The molecule has 1 saturated carbocycles. The molecule has 0 radical (unpaired) electrons. The van der Waals surface area contributed by atoms with Gasteiger partial charge in [-0.1, -0.05) is 27.7 Å². The Morgan fingerprint density at radius 1 is 1.19 bits per heavy atom. The van der Waals surface area contributed by atoms with Gasteiger partial charge in [0.2, 0.25) is 11.9 Å². The Morgan fingerprint density at radius 3 is 2.53 bits per heavy atom. The molecule has 0 unspecified atom stereocenters. The molecule has 1 amide bonds. The van der Waals surface area contributed by atoms with E-state index in [1.54, 1.807) is 13.1 Å². The number of amides is 1. The lowest BCUT2D eigenvalue weighted by molar-refractivity contribution is -0.117. The van der Waals surface area contributed by atoms with Gasteiger partial charge in [-0.05, 0) is 68.1 Å². The van der Waals surface area contributed by atoms with Crippen molar-refractivity contribution in [3.63, 3.8) is 0 Å². The minimum absolute atomic E-state index is 0.0324. The molecule has 1 N–H and O–H groups in total. The summed E-state index contributed by atoms with van der Waals surface area (Å²) in [7, 11) is -1.82. The molecule has 0 saturated heterocycles. The largest absolute Gasteiger partial charge is 0.491 e. The number of rotatable bonds is 8. The highest BCUT2D eigenvalue weighted by Crippen LogP contribution is 2.50. The number of aryl methyl sites for hydroxylation is 1. The van der Waals surface area contributed by atoms with Crippen LogP contribution >= 0.6 is 0 Å². The molecular formula is C28H42N4O3Si. The SMILES string of the molecule is CC(=O)N1c2ccc(OCCO[Si](C)(C)C(C)(C)C)cc2[C@H](Nc2nccc(C)n2)[C@@H](C)[C@@H]1C1CC1. The molecule has 2 heterocycles. The summed E-state index contributed by atoms with van der Waals surface area (Å²) >= 11 is 0. The van der Waals surface area contributed by atoms with E-state index in [1.807, 2.05) is 30.0 Å². The predicted octanol–water partition coefficient (Wildman–Crippen LogP) is 6.12. The number of ether oxygens (including phenoxy) is 1. The van der Waals surface area contributed by atoms with Gasteiger partial charge in [0.1, 0.15) is 12.4 Å². The van der Waals surface area contributed by atoms with Crippen molar-refractivity contribution in [1.82, 2.24) is 9.97 Å². The predicted molar refractivity (Wildman–Crippen MR) is 147 cm³/mol. The molecule has 3 atom stereocenters. The van der Waals surface area contributed by atoms with Gasteiger partial charge < -0.3 is 19.4 Å². The van der Waals surface area contributed by atoms with E-state index in [2.05, 4.69) is 62.1 Å². The van der Waals surface area contributed by atoms with E-state index in [0.717, 1.165) is 35.5 Å². The number of carbonyl (C=O) groups is 1. The third-order valence-corrected chi connectivity index (χ3v) is 12.6. The number of hydrogen-bond acceptors (Lipinski definition) is 6. The second-order valence-corrected chi connectivity index (χ2v) is 16.7. The zero-order chi connectivity index (χ0) is 26.3. The van der Waals surface area contributed by atoms with Crippen molar-refractivity contribution in [2.45, 2.75) is 84.6 Å². The molecule has 2 aromatic rings. The quantitative estimate of drug-likeness (QED) is 0.341. The molecule has 8 heteroatoms. The molecule has 1 aromatic heterocycles. The van der Waals surface area contributed by atoms with Gasteiger partial charge in [-0.2, -0.15) is 0 Å². The fraction of sp³-hybridized carbons (Fsp3) is 0.607. The summed E-state index contributed by atoms with van der Waals surface area (Å²) in [4.78, 5) is 23.9. The topological polar surface area (TPSA) is 76.6 Å². The van der Waals surface area contributed by atoms with Crippen molar-refractivity contribution in [3.05, 3.63) is 41.7 Å². The van der Waals surface area contributed by atoms with Gasteiger partial charge in [-0.25, -0.2) is 9.97 Å². The average Bonchev–Trinajstić information content (AvgIpc) is 3.62. The van der Waals surface area contributed by atoms with Gasteiger partial charge in [0.15, 0.2) is 8.32 Å². The normalized spacial score (nSPS) is 22.2. The van der Waals surface area contributed by atoms with Gasteiger partial charge in [0, 0.05) is 42.0 Å². The van der Waals surface area contributed by atoms with Crippen LogP contribution in [0.15, 0.2) is 30.5 Å². The van der Waals surface area contributed by atoms with Crippen LogP contribution in [0.1, 0.15) is 64.8 Å². The molecule has 1 fully saturated rings. The summed E-state index contributed by atoms with van der Waals surface area (Å²) in [5.41, 5.74) is 2.91. The number of benzene rings is 1. The standard InChI is InChI=1S/C28H42N4O3Si/c1-18-13-14-29-27(30-18)31-25-19(2)26(21-9-10-21)32(20(3)33)24-12-11-22(17-23(24)25)34-15-16-35-36(7,8)28(4,5)6/h11-14,17,19,21,25-26H,9-10,15-16H2,1-8H3,(H,29,30,31)/t19-,25-,26-/m1/s1. The van der Waals surface area contributed by atoms with Crippen LogP contribution in [0.4, 0.5) is 11.6 Å². The molecule has 4 rings (SSSR count). The third-order valence-electron chi connectivity index (χ3n) is 8.10.